The first-order chi connectivity index (χ1) is 7.63. The summed E-state index contributed by atoms with van der Waals surface area (Å²) in [5.41, 5.74) is 2.12. The van der Waals surface area contributed by atoms with E-state index in [-0.39, 0.29) is 0 Å². The Bertz CT molecular complexity index is 631. The number of rotatable bonds is 2. The summed E-state index contributed by atoms with van der Waals surface area (Å²) in [7, 11) is 0. The summed E-state index contributed by atoms with van der Waals surface area (Å²) in [5.74, 6) is 2.09. The van der Waals surface area contributed by atoms with Crippen molar-refractivity contribution in [1.29, 1.82) is 0 Å². The lowest BCUT2D eigenvalue weighted by molar-refractivity contribution is 0.508. The summed E-state index contributed by atoms with van der Waals surface area (Å²) in [5, 5.41) is 0.614. The van der Waals surface area contributed by atoms with E-state index in [0.29, 0.717) is 29.1 Å². The average Bonchev–Trinajstić information content (AvgIpc) is 2.52. The number of hydrogen-bond donors (Lipinski definition) is 0. The second-order valence-electron chi connectivity index (χ2n) is 3.54. The highest BCUT2D eigenvalue weighted by atomic mass is 35.5. The molecule has 3 nitrogen and oxygen atoms in total. The van der Waals surface area contributed by atoms with Crippen LogP contribution in [0.3, 0.4) is 0 Å². The summed E-state index contributed by atoms with van der Waals surface area (Å²) in [4.78, 5) is 11.6. The number of fused-ring (bicyclic) bond motifs is 1. The van der Waals surface area contributed by atoms with E-state index in [4.69, 9.17) is 22.4 Å². The third-order valence-electron chi connectivity index (χ3n) is 2.43. The van der Waals surface area contributed by atoms with Crippen molar-refractivity contribution in [2.75, 3.05) is 0 Å². The predicted molar refractivity (Wildman–Crippen MR) is 63.7 cm³/mol. The molecule has 0 radical (unpaired) electrons. The van der Waals surface area contributed by atoms with Crippen LogP contribution in [0.5, 0.6) is 0 Å². The maximum Gasteiger partial charge on any atom is 0.419 e. The molecular weight excluding hydrogens is 226 g/mol. The number of oxazole rings is 1. The molecule has 0 saturated heterocycles. The third kappa shape index (κ3) is 1.72. The third-order valence-corrected chi connectivity index (χ3v) is 2.84. The highest BCUT2D eigenvalue weighted by Crippen LogP contribution is 2.22. The molecule has 4 heteroatoms. The van der Waals surface area contributed by atoms with Gasteiger partial charge in [0.15, 0.2) is 5.58 Å². The van der Waals surface area contributed by atoms with E-state index in [2.05, 4.69) is 5.92 Å². The first-order valence-electron chi connectivity index (χ1n) is 4.86. The van der Waals surface area contributed by atoms with E-state index in [9.17, 15) is 4.79 Å². The van der Waals surface area contributed by atoms with Gasteiger partial charge in [0.2, 0.25) is 0 Å². The molecule has 0 N–H and O–H groups in total. The molecule has 0 fully saturated rings. The van der Waals surface area contributed by atoms with Crippen LogP contribution in [0, 0.1) is 19.3 Å². The number of aromatic nitrogens is 1. The van der Waals surface area contributed by atoms with Gasteiger partial charge in [-0.2, -0.15) is 0 Å². The molecule has 0 atom stereocenters. The van der Waals surface area contributed by atoms with E-state index in [1.807, 2.05) is 6.92 Å². The Morgan fingerprint density at radius 3 is 3.00 bits per heavy atom. The molecule has 2 rings (SSSR count). The Balaban J connectivity index is 2.65. The van der Waals surface area contributed by atoms with Crippen molar-refractivity contribution in [2.45, 2.75) is 19.9 Å². The molecule has 2 aromatic rings. The normalized spacial score (nSPS) is 10.6. The lowest BCUT2D eigenvalue weighted by Crippen LogP contribution is -2.13. The molecule has 0 aliphatic rings. The van der Waals surface area contributed by atoms with Crippen LogP contribution in [0.15, 0.2) is 21.3 Å². The Kier molecular flexibility index (Phi) is 2.76. The van der Waals surface area contributed by atoms with Crippen LogP contribution in [-0.4, -0.2) is 4.57 Å². The highest BCUT2D eigenvalue weighted by molar-refractivity contribution is 6.32. The molecule has 0 bridgehead atoms. The van der Waals surface area contributed by atoms with Crippen molar-refractivity contribution in [1.82, 2.24) is 4.57 Å². The van der Waals surface area contributed by atoms with Crippen LogP contribution in [-0.2, 0) is 6.54 Å². The van der Waals surface area contributed by atoms with E-state index in [1.54, 1.807) is 12.1 Å². The fourth-order valence-corrected chi connectivity index (χ4v) is 1.73. The molecule has 1 aromatic heterocycles. The molecule has 0 amide bonds. The SMILES string of the molecule is C#CCCn1c(=O)oc2cc(C)c(Cl)cc21. The summed E-state index contributed by atoms with van der Waals surface area (Å²) < 4.78 is 6.61. The zero-order chi connectivity index (χ0) is 11.7. The summed E-state index contributed by atoms with van der Waals surface area (Å²) >= 11 is 6.01. The molecule has 1 aromatic carbocycles. The van der Waals surface area contributed by atoms with Gasteiger partial charge in [-0.3, -0.25) is 4.57 Å². The first-order valence-corrected chi connectivity index (χ1v) is 5.24. The molecule has 0 aliphatic heterocycles. The summed E-state index contributed by atoms with van der Waals surface area (Å²) in [6, 6.07) is 3.49. The number of aryl methyl sites for hydroxylation is 2. The Hall–Kier alpha value is -1.66. The van der Waals surface area contributed by atoms with Gasteiger partial charge in [-0.05, 0) is 24.6 Å². The van der Waals surface area contributed by atoms with Crippen molar-refractivity contribution < 1.29 is 4.42 Å². The zero-order valence-corrected chi connectivity index (χ0v) is 9.54. The van der Waals surface area contributed by atoms with Crippen molar-refractivity contribution in [2.24, 2.45) is 0 Å². The van der Waals surface area contributed by atoms with E-state index in [1.165, 1.54) is 4.57 Å². The van der Waals surface area contributed by atoms with Crippen LogP contribution < -0.4 is 5.76 Å². The number of halogens is 1. The molecule has 82 valence electrons. The van der Waals surface area contributed by atoms with Gasteiger partial charge in [-0.15, -0.1) is 12.3 Å². The fraction of sp³-hybridized carbons (Fsp3) is 0.250. The van der Waals surface area contributed by atoms with Crippen LogP contribution in [0.25, 0.3) is 11.1 Å². The Labute approximate surface area is 97.6 Å². The highest BCUT2D eigenvalue weighted by Gasteiger charge is 2.10. The van der Waals surface area contributed by atoms with Gasteiger partial charge in [0.1, 0.15) is 0 Å². The van der Waals surface area contributed by atoms with Gasteiger partial charge in [0.25, 0.3) is 0 Å². The molecule has 1 heterocycles. The van der Waals surface area contributed by atoms with Crippen LogP contribution in [0.1, 0.15) is 12.0 Å². The first kappa shape index (κ1) is 10.8. The van der Waals surface area contributed by atoms with Gasteiger partial charge in [0, 0.05) is 18.0 Å². The zero-order valence-electron chi connectivity index (χ0n) is 8.79. The Morgan fingerprint density at radius 2 is 2.31 bits per heavy atom. The minimum Gasteiger partial charge on any atom is -0.408 e. The van der Waals surface area contributed by atoms with Crippen LogP contribution in [0.4, 0.5) is 0 Å². The molecule has 0 saturated carbocycles. The lowest BCUT2D eigenvalue weighted by atomic mass is 10.2. The average molecular weight is 236 g/mol. The summed E-state index contributed by atoms with van der Waals surface area (Å²) in [6.07, 6.45) is 5.66. The number of hydrogen-bond acceptors (Lipinski definition) is 2. The van der Waals surface area contributed by atoms with Crippen molar-refractivity contribution >= 4 is 22.7 Å². The minimum atomic E-state index is -0.396. The fourth-order valence-electron chi connectivity index (χ4n) is 1.57. The topological polar surface area (TPSA) is 35.1 Å². The second kappa shape index (κ2) is 4.07. The molecule has 0 unspecified atom stereocenters. The van der Waals surface area contributed by atoms with E-state index < -0.39 is 5.76 Å². The predicted octanol–water partition coefficient (Wildman–Crippen LogP) is 2.58. The minimum absolute atomic E-state index is 0.396. The molecular formula is C12H10ClNO2. The molecule has 0 spiro atoms. The monoisotopic (exact) mass is 235 g/mol. The lowest BCUT2D eigenvalue weighted by Gasteiger charge is -2.00. The van der Waals surface area contributed by atoms with Crippen molar-refractivity contribution in [3.63, 3.8) is 0 Å². The second-order valence-corrected chi connectivity index (χ2v) is 3.95. The number of terminal acetylenes is 1. The van der Waals surface area contributed by atoms with Gasteiger partial charge >= 0.3 is 5.76 Å². The van der Waals surface area contributed by atoms with E-state index >= 15 is 0 Å². The van der Waals surface area contributed by atoms with Gasteiger partial charge in [-0.25, -0.2) is 4.79 Å². The van der Waals surface area contributed by atoms with Crippen molar-refractivity contribution in [3.05, 3.63) is 33.3 Å². The maximum absolute atomic E-state index is 11.6. The van der Waals surface area contributed by atoms with Gasteiger partial charge in [0.05, 0.1) is 5.52 Å². The quantitative estimate of drug-likeness (QED) is 0.750. The van der Waals surface area contributed by atoms with Crippen LogP contribution >= 0.6 is 11.6 Å². The van der Waals surface area contributed by atoms with Gasteiger partial charge < -0.3 is 4.42 Å². The number of nitrogens with zero attached hydrogens (tertiary/aromatic N) is 1. The van der Waals surface area contributed by atoms with Crippen LogP contribution in [0.2, 0.25) is 5.02 Å². The largest absolute Gasteiger partial charge is 0.419 e. The van der Waals surface area contributed by atoms with E-state index in [0.717, 1.165) is 5.56 Å². The summed E-state index contributed by atoms with van der Waals surface area (Å²) in [6.45, 7) is 2.31. The molecule has 0 aliphatic carbocycles. The number of benzene rings is 1. The van der Waals surface area contributed by atoms with Gasteiger partial charge in [-0.1, -0.05) is 11.6 Å². The standard InChI is InChI=1S/C12H10ClNO2/c1-3-4-5-14-10-7-9(13)8(2)6-11(10)16-12(14)15/h1,6-7H,4-5H2,2H3. The Morgan fingerprint density at radius 1 is 1.56 bits per heavy atom. The van der Waals surface area contributed by atoms with Crippen molar-refractivity contribution in [3.8, 4) is 12.3 Å². The maximum atomic E-state index is 11.6. The smallest absolute Gasteiger partial charge is 0.408 e. The molecule has 16 heavy (non-hydrogen) atoms.